The molecular weight excluding hydrogens is 168 g/mol. The monoisotopic (exact) mass is 182 g/mol. The molecule has 0 aliphatic rings. The maximum absolute atomic E-state index is 10.4. The Labute approximate surface area is 77.2 Å². The fourth-order valence-corrected chi connectivity index (χ4v) is 0.725. The first-order chi connectivity index (χ1) is 6.11. The summed E-state index contributed by atoms with van der Waals surface area (Å²) in [5.41, 5.74) is 11.3. The second-order valence-corrected chi connectivity index (χ2v) is 2.49. The molecule has 0 rings (SSSR count). The van der Waals surface area contributed by atoms with E-state index in [1.54, 1.807) is 18.2 Å². The van der Waals surface area contributed by atoms with Crippen molar-refractivity contribution in [2.24, 2.45) is 11.5 Å². The van der Waals surface area contributed by atoms with E-state index >= 15 is 0 Å². The van der Waals surface area contributed by atoms with E-state index in [1.165, 1.54) is 6.20 Å². The van der Waals surface area contributed by atoms with Gasteiger partial charge in [0.05, 0.1) is 0 Å². The minimum absolute atomic E-state index is 0.218. The maximum Gasteiger partial charge on any atom is 0.320 e. The van der Waals surface area contributed by atoms with Crippen LogP contribution in [-0.4, -0.2) is 17.1 Å². The highest BCUT2D eigenvalue weighted by molar-refractivity contribution is 5.73. The van der Waals surface area contributed by atoms with E-state index in [9.17, 15) is 4.79 Å². The Hall–Kier alpha value is -1.55. The normalized spacial score (nSPS) is 14.4. The highest BCUT2D eigenvalue weighted by Gasteiger charge is 2.11. The smallest absolute Gasteiger partial charge is 0.320 e. The molecule has 0 saturated heterocycles. The van der Waals surface area contributed by atoms with E-state index in [0.717, 1.165) is 0 Å². The molecule has 0 aliphatic heterocycles. The topological polar surface area (TPSA) is 89.3 Å². The van der Waals surface area contributed by atoms with E-state index < -0.39 is 12.0 Å². The number of nitrogens with two attached hydrogens (primary N) is 2. The summed E-state index contributed by atoms with van der Waals surface area (Å²) in [6, 6.07) is -0.913. The van der Waals surface area contributed by atoms with Crippen LogP contribution in [-0.2, 0) is 4.79 Å². The fraction of sp³-hybridized carbons (Fsp3) is 0.222. The zero-order valence-electron chi connectivity index (χ0n) is 7.31. The van der Waals surface area contributed by atoms with Crippen LogP contribution in [0.1, 0.15) is 6.42 Å². The summed E-state index contributed by atoms with van der Waals surface area (Å²) in [7, 11) is 0. The van der Waals surface area contributed by atoms with Crippen molar-refractivity contribution in [1.82, 2.24) is 0 Å². The van der Waals surface area contributed by atoms with Gasteiger partial charge >= 0.3 is 5.97 Å². The summed E-state index contributed by atoms with van der Waals surface area (Å²) < 4.78 is 0. The van der Waals surface area contributed by atoms with Gasteiger partial charge in [0.1, 0.15) is 6.04 Å². The highest BCUT2D eigenvalue weighted by atomic mass is 16.4. The number of hydrogen-bond donors (Lipinski definition) is 3. The van der Waals surface area contributed by atoms with Gasteiger partial charge in [-0.3, -0.25) is 4.79 Å². The predicted octanol–water partition coefficient (Wildman–Crippen LogP) is 0.373. The molecule has 0 saturated carbocycles. The van der Waals surface area contributed by atoms with Gasteiger partial charge in [0.2, 0.25) is 0 Å². The molecule has 0 bridgehead atoms. The summed E-state index contributed by atoms with van der Waals surface area (Å²) in [6.45, 7) is 3.48. The van der Waals surface area contributed by atoms with Gasteiger partial charge in [-0.1, -0.05) is 24.8 Å². The lowest BCUT2D eigenvalue weighted by Crippen LogP contribution is -2.30. The minimum Gasteiger partial charge on any atom is -0.480 e. The molecule has 0 fully saturated rings. The van der Waals surface area contributed by atoms with E-state index in [-0.39, 0.29) is 6.42 Å². The second-order valence-electron chi connectivity index (χ2n) is 2.49. The highest BCUT2D eigenvalue weighted by Crippen LogP contribution is 2.04. The largest absolute Gasteiger partial charge is 0.480 e. The Kier molecular flexibility index (Phi) is 5.30. The molecule has 0 amide bonds. The standard InChI is InChI=1S/C9H14N2O2/c1-2-3-4-7(6-10)5-8(11)9(12)13/h2-4,6,8H,1,5,10-11H2,(H,12,13)/b4-3-,7-6+/t8-/m0/s1. The molecule has 0 aromatic carbocycles. The van der Waals surface area contributed by atoms with Gasteiger partial charge in [-0.15, -0.1) is 0 Å². The molecule has 4 heteroatoms. The van der Waals surface area contributed by atoms with Crippen LogP contribution < -0.4 is 11.5 Å². The van der Waals surface area contributed by atoms with Gasteiger partial charge in [-0.05, 0) is 18.2 Å². The predicted molar refractivity (Wildman–Crippen MR) is 51.8 cm³/mol. The number of hydrogen-bond acceptors (Lipinski definition) is 3. The van der Waals surface area contributed by atoms with Gasteiger partial charge in [0, 0.05) is 0 Å². The van der Waals surface area contributed by atoms with Crippen molar-refractivity contribution < 1.29 is 9.90 Å². The van der Waals surface area contributed by atoms with Crippen molar-refractivity contribution in [3.8, 4) is 0 Å². The second kappa shape index (κ2) is 6.02. The van der Waals surface area contributed by atoms with Crippen molar-refractivity contribution in [3.63, 3.8) is 0 Å². The molecule has 0 aliphatic carbocycles. The minimum atomic E-state index is -1.04. The molecule has 0 radical (unpaired) electrons. The van der Waals surface area contributed by atoms with Crippen LogP contribution in [0, 0.1) is 0 Å². The molecule has 0 aromatic rings. The van der Waals surface area contributed by atoms with E-state index in [2.05, 4.69) is 6.58 Å². The number of allylic oxidation sites excluding steroid dienone is 3. The van der Waals surface area contributed by atoms with Crippen molar-refractivity contribution in [2.75, 3.05) is 0 Å². The molecule has 13 heavy (non-hydrogen) atoms. The Balaban J connectivity index is 4.22. The fourth-order valence-electron chi connectivity index (χ4n) is 0.725. The number of carboxylic acid groups (broad SMARTS) is 1. The van der Waals surface area contributed by atoms with Gasteiger partial charge in [0.15, 0.2) is 0 Å². The third kappa shape index (κ3) is 4.81. The van der Waals surface area contributed by atoms with Gasteiger partial charge in [0.25, 0.3) is 0 Å². The van der Waals surface area contributed by atoms with Crippen LogP contribution in [0.15, 0.2) is 36.6 Å². The summed E-state index contributed by atoms with van der Waals surface area (Å²) >= 11 is 0. The zero-order chi connectivity index (χ0) is 10.3. The van der Waals surface area contributed by atoms with Crippen LogP contribution in [0.4, 0.5) is 0 Å². The van der Waals surface area contributed by atoms with Crippen LogP contribution in [0.5, 0.6) is 0 Å². The lowest BCUT2D eigenvalue weighted by atomic mass is 10.1. The lowest BCUT2D eigenvalue weighted by molar-refractivity contribution is -0.138. The third-order valence-electron chi connectivity index (χ3n) is 1.43. The zero-order valence-corrected chi connectivity index (χ0v) is 7.31. The van der Waals surface area contributed by atoms with Crippen LogP contribution in [0.3, 0.4) is 0 Å². The van der Waals surface area contributed by atoms with Crippen molar-refractivity contribution in [1.29, 1.82) is 0 Å². The van der Waals surface area contributed by atoms with Crippen LogP contribution >= 0.6 is 0 Å². The molecule has 0 heterocycles. The Morgan fingerprint density at radius 2 is 2.23 bits per heavy atom. The molecule has 0 aromatic heterocycles. The molecular formula is C9H14N2O2. The first-order valence-electron chi connectivity index (χ1n) is 3.80. The lowest BCUT2D eigenvalue weighted by Gasteiger charge is -2.05. The van der Waals surface area contributed by atoms with E-state index in [4.69, 9.17) is 16.6 Å². The number of carbonyl (C=O) groups is 1. The average molecular weight is 182 g/mol. The maximum atomic E-state index is 10.4. The summed E-state index contributed by atoms with van der Waals surface area (Å²) in [4.78, 5) is 10.4. The number of carboxylic acids is 1. The summed E-state index contributed by atoms with van der Waals surface area (Å²) in [6.07, 6.45) is 6.48. The SMILES string of the molecule is C=C/C=C\C(=C/N)C[C@H](N)C(=O)O. The van der Waals surface area contributed by atoms with Crippen LogP contribution in [0.25, 0.3) is 0 Å². The van der Waals surface area contributed by atoms with Gasteiger partial charge in [-0.2, -0.15) is 0 Å². The summed E-state index contributed by atoms with van der Waals surface area (Å²) in [5.74, 6) is -1.04. The number of aliphatic carboxylic acids is 1. The molecule has 72 valence electrons. The first-order valence-corrected chi connectivity index (χ1v) is 3.80. The summed E-state index contributed by atoms with van der Waals surface area (Å²) in [5, 5.41) is 8.51. The van der Waals surface area contributed by atoms with Gasteiger partial charge in [-0.25, -0.2) is 0 Å². The van der Waals surface area contributed by atoms with Crippen molar-refractivity contribution >= 4 is 5.97 Å². The first kappa shape index (κ1) is 11.4. The Morgan fingerprint density at radius 1 is 1.62 bits per heavy atom. The molecule has 4 nitrogen and oxygen atoms in total. The third-order valence-corrected chi connectivity index (χ3v) is 1.43. The van der Waals surface area contributed by atoms with Gasteiger partial charge < -0.3 is 16.6 Å². The average Bonchev–Trinajstić information content (AvgIpc) is 2.11. The molecule has 5 N–H and O–H groups in total. The molecule has 0 unspecified atom stereocenters. The molecule has 0 spiro atoms. The number of rotatable bonds is 5. The van der Waals surface area contributed by atoms with Crippen molar-refractivity contribution in [2.45, 2.75) is 12.5 Å². The van der Waals surface area contributed by atoms with Crippen LogP contribution in [0.2, 0.25) is 0 Å². The Morgan fingerprint density at radius 3 is 2.62 bits per heavy atom. The van der Waals surface area contributed by atoms with E-state index in [0.29, 0.717) is 5.57 Å². The quantitative estimate of drug-likeness (QED) is 0.536. The van der Waals surface area contributed by atoms with Crippen molar-refractivity contribution in [3.05, 3.63) is 36.6 Å². The van der Waals surface area contributed by atoms with E-state index in [1.807, 2.05) is 0 Å². The Bertz CT molecular complexity index is 244. The molecule has 1 atom stereocenters.